The first-order chi connectivity index (χ1) is 11.6. The first kappa shape index (κ1) is 15.2. The molecule has 2 heterocycles. The maximum atomic E-state index is 12.0. The second-order valence-corrected chi connectivity index (χ2v) is 6.60. The van der Waals surface area contributed by atoms with Crippen LogP contribution in [-0.4, -0.2) is 42.8 Å². The van der Waals surface area contributed by atoms with Crippen LogP contribution in [0.3, 0.4) is 0 Å². The average molecular weight is 327 g/mol. The van der Waals surface area contributed by atoms with E-state index in [1.807, 2.05) is 30.1 Å². The van der Waals surface area contributed by atoms with Crippen molar-refractivity contribution in [2.75, 3.05) is 32.3 Å². The van der Waals surface area contributed by atoms with Crippen molar-refractivity contribution in [3.63, 3.8) is 0 Å². The Labute approximate surface area is 141 Å². The van der Waals surface area contributed by atoms with Crippen molar-refractivity contribution in [3.05, 3.63) is 42.0 Å². The molecule has 126 valence electrons. The second kappa shape index (κ2) is 5.63. The van der Waals surface area contributed by atoms with Gasteiger partial charge in [-0.3, -0.25) is 4.79 Å². The van der Waals surface area contributed by atoms with Crippen molar-refractivity contribution >= 4 is 11.6 Å². The lowest BCUT2D eigenvalue weighted by atomic mass is 10.0. The first-order valence-electron chi connectivity index (χ1n) is 8.10. The van der Waals surface area contributed by atoms with Gasteiger partial charge in [0.15, 0.2) is 0 Å². The molecule has 24 heavy (non-hydrogen) atoms. The lowest BCUT2D eigenvalue weighted by Crippen LogP contribution is -2.29. The molecule has 3 atom stereocenters. The highest BCUT2D eigenvalue weighted by Crippen LogP contribution is 2.64. The number of nitrogens with zero attached hydrogens (tertiary/aromatic N) is 3. The minimum atomic E-state index is -0.0669. The molecule has 1 aromatic carbocycles. The fourth-order valence-electron chi connectivity index (χ4n) is 3.70. The Morgan fingerprint density at radius 3 is 3.00 bits per heavy atom. The molecule has 4 rings (SSSR count). The minimum absolute atomic E-state index is 0.0669. The molecule has 2 aliphatic rings. The van der Waals surface area contributed by atoms with E-state index in [1.165, 1.54) is 12.7 Å². The van der Waals surface area contributed by atoms with Crippen molar-refractivity contribution in [2.45, 2.75) is 11.8 Å². The predicted molar refractivity (Wildman–Crippen MR) is 89.4 cm³/mol. The summed E-state index contributed by atoms with van der Waals surface area (Å²) in [7, 11) is 5.29. The summed E-state index contributed by atoms with van der Waals surface area (Å²) >= 11 is 0. The van der Waals surface area contributed by atoms with Crippen molar-refractivity contribution in [3.8, 4) is 5.75 Å². The number of hydrogen-bond acceptors (Lipinski definition) is 4. The predicted octanol–water partition coefficient (Wildman–Crippen LogP) is 1.92. The maximum Gasteiger partial charge on any atom is 0.252 e. The monoisotopic (exact) mass is 327 g/mol. The smallest absolute Gasteiger partial charge is 0.252 e. The third-order valence-electron chi connectivity index (χ3n) is 5.05. The summed E-state index contributed by atoms with van der Waals surface area (Å²) in [5.41, 5.74) is 3.17. The third kappa shape index (κ3) is 2.38. The SMILES string of the molecule is COCC(=O)N(C)c1ccc2c(c1)[C@@H]1[C@H](CO2)[C@H]1c1cn(C)cn1. The Bertz CT molecular complexity index is 786. The number of aryl methyl sites for hydroxylation is 1. The van der Waals surface area contributed by atoms with Crippen molar-refractivity contribution in [1.82, 2.24) is 9.55 Å². The van der Waals surface area contributed by atoms with Crippen LogP contribution in [0.15, 0.2) is 30.7 Å². The third-order valence-corrected chi connectivity index (χ3v) is 5.05. The molecule has 2 aromatic rings. The van der Waals surface area contributed by atoms with E-state index in [9.17, 15) is 4.79 Å². The lowest BCUT2D eigenvalue weighted by molar-refractivity contribution is -0.121. The van der Waals surface area contributed by atoms with Gasteiger partial charge >= 0.3 is 0 Å². The quantitative estimate of drug-likeness (QED) is 0.861. The molecule has 0 N–H and O–H groups in total. The number of ether oxygens (including phenoxy) is 2. The minimum Gasteiger partial charge on any atom is -0.493 e. The van der Waals surface area contributed by atoms with Gasteiger partial charge in [0.1, 0.15) is 12.4 Å². The normalized spacial score (nSPS) is 23.9. The number of methoxy groups -OCH3 is 1. The summed E-state index contributed by atoms with van der Waals surface area (Å²) < 4.78 is 12.8. The molecule has 0 bridgehead atoms. The van der Waals surface area contributed by atoms with Crippen LogP contribution in [0.1, 0.15) is 23.1 Å². The Hall–Kier alpha value is -2.34. The molecule has 0 saturated heterocycles. The van der Waals surface area contributed by atoms with E-state index in [-0.39, 0.29) is 12.5 Å². The van der Waals surface area contributed by atoms with E-state index in [1.54, 1.807) is 11.9 Å². The van der Waals surface area contributed by atoms with Gasteiger partial charge in [-0.2, -0.15) is 0 Å². The summed E-state index contributed by atoms with van der Waals surface area (Å²) in [6.45, 7) is 0.809. The highest BCUT2D eigenvalue weighted by atomic mass is 16.5. The molecule has 1 amide bonds. The van der Waals surface area contributed by atoms with Crippen LogP contribution in [0.25, 0.3) is 0 Å². The molecule has 1 fully saturated rings. The largest absolute Gasteiger partial charge is 0.493 e. The molecule has 6 heteroatoms. The number of imidazole rings is 1. The van der Waals surface area contributed by atoms with Gasteiger partial charge in [-0.25, -0.2) is 4.98 Å². The lowest BCUT2D eigenvalue weighted by Gasteiger charge is -2.21. The van der Waals surface area contributed by atoms with Gasteiger partial charge in [0.2, 0.25) is 0 Å². The summed E-state index contributed by atoms with van der Waals surface area (Å²) in [4.78, 5) is 18.2. The zero-order valence-electron chi connectivity index (χ0n) is 14.1. The number of benzene rings is 1. The van der Waals surface area contributed by atoms with Gasteiger partial charge in [0.25, 0.3) is 5.91 Å². The zero-order valence-corrected chi connectivity index (χ0v) is 14.1. The molecule has 1 saturated carbocycles. The summed E-state index contributed by atoms with van der Waals surface area (Å²) in [6, 6.07) is 5.96. The van der Waals surface area contributed by atoms with Gasteiger partial charge in [-0.05, 0) is 18.2 Å². The zero-order chi connectivity index (χ0) is 16.8. The molecule has 6 nitrogen and oxygen atoms in total. The molecule has 1 aromatic heterocycles. The number of hydrogen-bond donors (Lipinski definition) is 0. The molecule has 0 spiro atoms. The van der Waals surface area contributed by atoms with Crippen LogP contribution in [0.2, 0.25) is 0 Å². The van der Waals surface area contributed by atoms with Gasteiger partial charge in [-0.1, -0.05) is 0 Å². The van der Waals surface area contributed by atoms with E-state index < -0.39 is 0 Å². The van der Waals surface area contributed by atoms with Gasteiger partial charge in [-0.15, -0.1) is 0 Å². The number of aromatic nitrogens is 2. The Kier molecular flexibility index (Phi) is 3.57. The number of amides is 1. The number of fused-ring (bicyclic) bond motifs is 3. The van der Waals surface area contributed by atoms with E-state index in [0.29, 0.717) is 17.8 Å². The average Bonchev–Trinajstić information content (AvgIpc) is 3.18. The van der Waals surface area contributed by atoms with Crippen LogP contribution in [-0.2, 0) is 16.6 Å². The van der Waals surface area contributed by atoms with Crippen LogP contribution in [0.4, 0.5) is 5.69 Å². The van der Waals surface area contributed by atoms with E-state index in [4.69, 9.17) is 9.47 Å². The number of carbonyl (C=O) groups excluding carboxylic acids is 1. The Morgan fingerprint density at radius 2 is 2.29 bits per heavy atom. The molecule has 0 unspecified atom stereocenters. The number of anilines is 1. The summed E-state index contributed by atoms with van der Waals surface area (Å²) in [5, 5.41) is 0. The van der Waals surface area contributed by atoms with Crippen molar-refractivity contribution in [1.29, 1.82) is 0 Å². The van der Waals surface area contributed by atoms with E-state index in [0.717, 1.165) is 23.7 Å². The van der Waals surface area contributed by atoms with Gasteiger partial charge < -0.3 is 18.9 Å². The number of carbonyl (C=O) groups is 1. The number of rotatable bonds is 4. The molecular formula is C18H21N3O3. The van der Waals surface area contributed by atoms with Gasteiger partial charge in [0.05, 0.1) is 18.6 Å². The van der Waals surface area contributed by atoms with E-state index in [2.05, 4.69) is 17.2 Å². The first-order valence-corrected chi connectivity index (χ1v) is 8.10. The van der Waals surface area contributed by atoms with Crippen LogP contribution < -0.4 is 9.64 Å². The standard InChI is InChI=1S/C18H21N3O3/c1-20-7-14(19-10-20)18-13-8-24-15-5-4-11(6-12(15)17(13)18)21(2)16(22)9-23-3/h4-7,10,13,17-18H,8-9H2,1-3H3/t13-,17+,18-/m0/s1. The summed E-state index contributed by atoms with van der Waals surface area (Å²) in [5.74, 6) is 2.16. The van der Waals surface area contributed by atoms with E-state index >= 15 is 0 Å². The van der Waals surface area contributed by atoms with Crippen LogP contribution in [0, 0.1) is 5.92 Å². The Morgan fingerprint density at radius 1 is 1.46 bits per heavy atom. The second-order valence-electron chi connectivity index (χ2n) is 6.60. The van der Waals surface area contributed by atoms with Gasteiger partial charge in [0, 0.05) is 56.4 Å². The van der Waals surface area contributed by atoms with Crippen LogP contribution in [0.5, 0.6) is 5.75 Å². The molecule has 0 radical (unpaired) electrons. The van der Waals surface area contributed by atoms with Crippen LogP contribution >= 0.6 is 0 Å². The van der Waals surface area contributed by atoms with Crippen molar-refractivity contribution in [2.24, 2.45) is 13.0 Å². The fraction of sp³-hybridized carbons (Fsp3) is 0.444. The summed E-state index contributed by atoms with van der Waals surface area (Å²) in [6.07, 6.45) is 3.93. The number of likely N-dealkylation sites (N-methyl/N-ethyl adjacent to an activating group) is 1. The molecular weight excluding hydrogens is 306 g/mol. The highest BCUT2D eigenvalue weighted by Gasteiger charge is 2.56. The van der Waals surface area contributed by atoms with Crippen molar-refractivity contribution < 1.29 is 14.3 Å². The topological polar surface area (TPSA) is 56.6 Å². The fourth-order valence-corrected chi connectivity index (χ4v) is 3.70. The highest BCUT2D eigenvalue weighted by molar-refractivity contribution is 5.94. The molecule has 1 aliphatic heterocycles. The maximum absolute atomic E-state index is 12.0. The molecule has 1 aliphatic carbocycles. The Balaban J connectivity index is 1.62.